The average Bonchev–Trinajstić information content (AvgIpc) is 2.28. The van der Waals surface area contributed by atoms with E-state index in [4.69, 9.17) is 22.0 Å². The van der Waals surface area contributed by atoms with Crippen molar-refractivity contribution >= 4 is 17.3 Å². The number of alkyl halides is 2. The predicted octanol–water partition coefficient (Wildman–Crippen LogP) is 2.28. The van der Waals surface area contributed by atoms with Gasteiger partial charge in [0.15, 0.2) is 0 Å². The minimum absolute atomic E-state index is 0.0271. The molecule has 0 saturated heterocycles. The summed E-state index contributed by atoms with van der Waals surface area (Å²) in [4.78, 5) is 1.25. The molecular formula is C11H11ClF2N2O. The molecule has 1 N–H and O–H groups in total. The molecule has 0 aliphatic heterocycles. The fraction of sp³-hybridized carbons (Fsp3) is 0.364. The van der Waals surface area contributed by atoms with Crippen LogP contribution in [0.3, 0.4) is 0 Å². The molecule has 3 nitrogen and oxygen atoms in total. The van der Waals surface area contributed by atoms with E-state index in [1.165, 1.54) is 23.1 Å². The highest BCUT2D eigenvalue weighted by Crippen LogP contribution is 2.24. The Hall–Kier alpha value is -1.38. The molecule has 92 valence electrons. The smallest absolute Gasteiger partial charge is 0.255 e. The van der Waals surface area contributed by atoms with Gasteiger partial charge in [-0.15, -0.1) is 0 Å². The van der Waals surface area contributed by atoms with Gasteiger partial charge >= 0.3 is 0 Å². The highest BCUT2D eigenvalue weighted by Gasteiger charge is 2.16. The Morgan fingerprint density at radius 1 is 1.47 bits per heavy atom. The van der Waals surface area contributed by atoms with E-state index in [0.29, 0.717) is 10.7 Å². The number of benzene rings is 1. The maximum atomic E-state index is 12.4. The van der Waals surface area contributed by atoms with Gasteiger partial charge in [-0.3, -0.25) is 0 Å². The van der Waals surface area contributed by atoms with Crippen molar-refractivity contribution in [1.29, 1.82) is 5.26 Å². The lowest BCUT2D eigenvalue weighted by Crippen LogP contribution is -2.32. The van der Waals surface area contributed by atoms with Gasteiger partial charge in [0.05, 0.1) is 24.4 Å². The number of nitriles is 1. The molecule has 0 fully saturated rings. The first kappa shape index (κ1) is 13.7. The van der Waals surface area contributed by atoms with Gasteiger partial charge < -0.3 is 10.0 Å². The standard InChI is InChI=1S/C11H11ClF2N2O/c12-9-2-1-8(6-15)10(5-9)16(3-4-17)7-11(13)14/h1-2,5,11,17H,3-4,7H2. The Morgan fingerprint density at radius 2 is 2.18 bits per heavy atom. The number of hydrogen-bond donors (Lipinski definition) is 1. The SMILES string of the molecule is N#Cc1ccc(Cl)cc1N(CCO)CC(F)F. The van der Waals surface area contributed by atoms with Crippen molar-refractivity contribution in [3.05, 3.63) is 28.8 Å². The Kier molecular flexibility index (Phi) is 5.13. The first-order valence-electron chi connectivity index (χ1n) is 4.92. The van der Waals surface area contributed by atoms with Crippen LogP contribution in [0.25, 0.3) is 0 Å². The second-order valence-corrected chi connectivity index (χ2v) is 3.77. The molecule has 0 aromatic heterocycles. The van der Waals surface area contributed by atoms with Crippen molar-refractivity contribution < 1.29 is 13.9 Å². The zero-order chi connectivity index (χ0) is 12.8. The minimum atomic E-state index is -2.55. The van der Waals surface area contributed by atoms with Crippen LogP contribution in [0.1, 0.15) is 5.56 Å². The Balaban J connectivity index is 3.07. The number of anilines is 1. The maximum Gasteiger partial charge on any atom is 0.255 e. The molecule has 0 saturated carbocycles. The van der Waals surface area contributed by atoms with Crippen molar-refractivity contribution in [2.45, 2.75) is 6.43 Å². The summed E-state index contributed by atoms with van der Waals surface area (Å²) in [7, 11) is 0. The van der Waals surface area contributed by atoms with Gasteiger partial charge in [0, 0.05) is 11.6 Å². The topological polar surface area (TPSA) is 47.3 Å². The van der Waals surface area contributed by atoms with E-state index < -0.39 is 13.0 Å². The first-order valence-corrected chi connectivity index (χ1v) is 5.30. The number of halogens is 3. The van der Waals surface area contributed by atoms with Crippen LogP contribution in [0.2, 0.25) is 5.02 Å². The summed E-state index contributed by atoms with van der Waals surface area (Å²) in [5, 5.41) is 18.1. The summed E-state index contributed by atoms with van der Waals surface area (Å²) in [5.74, 6) is 0. The van der Waals surface area contributed by atoms with E-state index in [0.717, 1.165) is 0 Å². The van der Waals surface area contributed by atoms with Crippen molar-refractivity contribution in [3.63, 3.8) is 0 Å². The van der Waals surface area contributed by atoms with Crippen molar-refractivity contribution in [3.8, 4) is 6.07 Å². The monoisotopic (exact) mass is 260 g/mol. The number of aliphatic hydroxyl groups excluding tert-OH is 1. The van der Waals surface area contributed by atoms with E-state index in [1.54, 1.807) is 0 Å². The van der Waals surface area contributed by atoms with Gasteiger partial charge in [0.25, 0.3) is 6.43 Å². The number of nitrogens with zero attached hydrogens (tertiary/aromatic N) is 2. The van der Waals surface area contributed by atoms with Crippen LogP contribution in [0.15, 0.2) is 18.2 Å². The summed E-state index contributed by atoms with van der Waals surface area (Å²) >= 11 is 5.77. The van der Waals surface area contributed by atoms with Crippen LogP contribution in [0.4, 0.5) is 14.5 Å². The van der Waals surface area contributed by atoms with E-state index in [9.17, 15) is 8.78 Å². The molecule has 0 radical (unpaired) electrons. The van der Waals surface area contributed by atoms with Crippen molar-refractivity contribution in [2.75, 3.05) is 24.6 Å². The molecule has 1 aromatic rings. The maximum absolute atomic E-state index is 12.4. The van der Waals surface area contributed by atoms with E-state index >= 15 is 0 Å². The molecule has 0 aliphatic carbocycles. The Bertz CT molecular complexity index is 420. The summed E-state index contributed by atoms with van der Waals surface area (Å²) in [6.07, 6.45) is -2.55. The second kappa shape index (κ2) is 6.38. The molecule has 0 aliphatic rings. The third-order valence-corrected chi connectivity index (χ3v) is 2.38. The molecule has 0 bridgehead atoms. The van der Waals surface area contributed by atoms with Crippen LogP contribution >= 0.6 is 11.6 Å². The molecule has 6 heteroatoms. The highest BCUT2D eigenvalue weighted by atomic mass is 35.5. The van der Waals surface area contributed by atoms with E-state index in [1.807, 2.05) is 6.07 Å². The third kappa shape index (κ3) is 3.84. The quantitative estimate of drug-likeness (QED) is 0.884. The molecule has 0 amide bonds. The largest absolute Gasteiger partial charge is 0.395 e. The van der Waals surface area contributed by atoms with Gasteiger partial charge in [-0.1, -0.05) is 11.6 Å². The molecule has 0 unspecified atom stereocenters. The highest BCUT2D eigenvalue weighted by molar-refractivity contribution is 6.30. The predicted molar refractivity (Wildman–Crippen MR) is 61.5 cm³/mol. The Morgan fingerprint density at radius 3 is 2.71 bits per heavy atom. The zero-order valence-corrected chi connectivity index (χ0v) is 9.66. The molecule has 0 heterocycles. The van der Waals surface area contributed by atoms with Crippen LogP contribution in [-0.4, -0.2) is 31.2 Å². The van der Waals surface area contributed by atoms with E-state index in [-0.39, 0.29) is 18.7 Å². The fourth-order valence-electron chi connectivity index (χ4n) is 1.46. The molecule has 1 aromatic carbocycles. The van der Waals surface area contributed by atoms with Crippen LogP contribution in [-0.2, 0) is 0 Å². The zero-order valence-electron chi connectivity index (χ0n) is 8.91. The molecule has 0 spiro atoms. The molecule has 1 rings (SSSR count). The lowest BCUT2D eigenvalue weighted by atomic mass is 10.1. The molecule has 17 heavy (non-hydrogen) atoms. The van der Waals surface area contributed by atoms with Crippen molar-refractivity contribution in [1.82, 2.24) is 0 Å². The van der Waals surface area contributed by atoms with Gasteiger partial charge in [-0.25, -0.2) is 8.78 Å². The molecular weight excluding hydrogens is 250 g/mol. The van der Waals surface area contributed by atoms with E-state index in [2.05, 4.69) is 0 Å². The number of aliphatic hydroxyl groups is 1. The lowest BCUT2D eigenvalue weighted by molar-refractivity contribution is 0.153. The van der Waals surface area contributed by atoms with Gasteiger partial charge in [-0.05, 0) is 18.2 Å². The fourth-order valence-corrected chi connectivity index (χ4v) is 1.62. The Labute approximate surface area is 103 Å². The van der Waals surface area contributed by atoms with Gasteiger partial charge in [-0.2, -0.15) is 5.26 Å². The summed E-state index contributed by atoms with van der Waals surface area (Å²) in [6.45, 7) is -0.793. The van der Waals surface area contributed by atoms with Crippen LogP contribution < -0.4 is 4.90 Å². The van der Waals surface area contributed by atoms with Gasteiger partial charge in [0.2, 0.25) is 0 Å². The van der Waals surface area contributed by atoms with Crippen molar-refractivity contribution in [2.24, 2.45) is 0 Å². The number of hydrogen-bond acceptors (Lipinski definition) is 3. The van der Waals surface area contributed by atoms with Crippen LogP contribution in [0.5, 0.6) is 0 Å². The summed E-state index contributed by atoms with van der Waals surface area (Å²) in [5.41, 5.74) is 0.567. The average molecular weight is 261 g/mol. The molecule has 0 atom stereocenters. The normalized spacial score (nSPS) is 10.4. The second-order valence-electron chi connectivity index (χ2n) is 3.33. The summed E-state index contributed by atoms with van der Waals surface area (Å²) in [6, 6.07) is 6.33. The third-order valence-electron chi connectivity index (χ3n) is 2.15. The summed E-state index contributed by atoms with van der Waals surface area (Å²) < 4.78 is 24.8. The first-order chi connectivity index (χ1) is 8.08. The minimum Gasteiger partial charge on any atom is -0.395 e. The number of rotatable bonds is 5. The lowest BCUT2D eigenvalue weighted by Gasteiger charge is -2.24. The van der Waals surface area contributed by atoms with Gasteiger partial charge in [0.1, 0.15) is 6.07 Å². The van der Waals surface area contributed by atoms with Crippen LogP contribution in [0, 0.1) is 11.3 Å².